The monoisotopic (exact) mass is 239 g/mol. The Hall–Kier alpha value is -1.29. The van der Waals surface area contributed by atoms with Crippen molar-refractivity contribution in [3.8, 4) is 0 Å². The normalized spacial score (nSPS) is 10.8. The minimum atomic E-state index is 0.147. The zero-order chi connectivity index (χ0) is 12.7. The molecule has 0 unspecified atom stereocenters. The molecule has 1 aromatic heterocycles. The van der Waals surface area contributed by atoms with Gasteiger partial charge in [0.1, 0.15) is 5.76 Å². The van der Waals surface area contributed by atoms with E-state index in [0.29, 0.717) is 32.0 Å². The molecule has 1 aromatic rings. The van der Waals surface area contributed by atoms with Crippen LogP contribution in [0.1, 0.15) is 26.0 Å². The summed E-state index contributed by atoms with van der Waals surface area (Å²) in [6.45, 7) is 5.74. The van der Waals surface area contributed by atoms with E-state index < -0.39 is 0 Å². The maximum atomic E-state index is 12.0. The molecule has 0 aliphatic rings. The van der Waals surface area contributed by atoms with E-state index in [9.17, 15) is 4.79 Å². The first-order valence-corrected chi connectivity index (χ1v) is 5.92. The van der Waals surface area contributed by atoms with Crippen molar-refractivity contribution in [3.05, 3.63) is 24.2 Å². The van der Waals surface area contributed by atoms with E-state index in [1.807, 2.05) is 26.0 Å². The summed E-state index contributed by atoms with van der Waals surface area (Å²) in [4.78, 5) is 13.8. The number of methoxy groups -OCH3 is 1. The third-order valence-corrected chi connectivity index (χ3v) is 2.43. The standard InChI is InChI=1S/C13H21NO3/c1-11(2)9-13(15)14(6-8-16-3)10-12-5-4-7-17-12/h4-5,7,11H,6,8-10H2,1-3H3. The summed E-state index contributed by atoms with van der Waals surface area (Å²) in [5.41, 5.74) is 0. The van der Waals surface area contributed by atoms with Crippen molar-refractivity contribution < 1.29 is 13.9 Å². The van der Waals surface area contributed by atoms with Crippen LogP contribution in [-0.4, -0.2) is 31.1 Å². The molecule has 0 aliphatic carbocycles. The summed E-state index contributed by atoms with van der Waals surface area (Å²) in [5.74, 6) is 1.32. The Morgan fingerprint density at radius 1 is 1.53 bits per heavy atom. The first kappa shape index (κ1) is 13.8. The molecular weight excluding hydrogens is 218 g/mol. The topological polar surface area (TPSA) is 42.7 Å². The average molecular weight is 239 g/mol. The van der Waals surface area contributed by atoms with E-state index in [-0.39, 0.29) is 5.91 Å². The number of nitrogens with zero attached hydrogens (tertiary/aromatic N) is 1. The van der Waals surface area contributed by atoms with E-state index in [4.69, 9.17) is 9.15 Å². The number of hydrogen-bond donors (Lipinski definition) is 0. The van der Waals surface area contributed by atoms with Crippen LogP contribution in [0.5, 0.6) is 0 Å². The number of hydrogen-bond acceptors (Lipinski definition) is 3. The second-order valence-corrected chi connectivity index (χ2v) is 4.49. The third-order valence-electron chi connectivity index (χ3n) is 2.43. The molecule has 1 rings (SSSR count). The molecule has 1 heterocycles. The summed E-state index contributed by atoms with van der Waals surface area (Å²) in [5, 5.41) is 0. The molecule has 1 amide bonds. The predicted molar refractivity (Wildman–Crippen MR) is 65.5 cm³/mol. The Labute approximate surface area is 103 Å². The van der Waals surface area contributed by atoms with Crippen molar-refractivity contribution in [2.24, 2.45) is 5.92 Å². The molecule has 0 atom stereocenters. The van der Waals surface area contributed by atoms with Gasteiger partial charge in [-0.2, -0.15) is 0 Å². The van der Waals surface area contributed by atoms with Gasteiger partial charge < -0.3 is 14.1 Å². The van der Waals surface area contributed by atoms with Crippen molar-refractivity contribution in [1.82, 2.24) is 4.90 Å². The van der Waals surface area contributed by atoms with Crippen molar-refractivity contribution >= 4 is 5.91 Å². The Morgan fingerprint density at radius 3 is 2.82 bits per heavy atom. The Bertz CT molecular complexity index is 319. The predicted octanol–water partition coefficient (Wildman–Crippen LogP) is 2.30. The van der Waals surface area contributed by atoms with Crippen LogP contribution in [0.4, 0.5) is 0 Å². The number of furan rings is 1. The van der Waals surface area contributed by atoms with Crippen LogP contribution in [0.3, 0.4) is 0 Å². The van der Waals surface area contributed by atoms with Gasteiger partial charge in [0.15, 0.2) is 0 Å². The van der Waals surface area contributed by atoms with Gasteiger partial charge in [0.2, 0.25) is 5.91 Å². The lowest BCUT2D eigenvalue weighted by Crippen LogP contribution is -2.33. The molecule has 0 aromatic carbocycles. The second-order valence-electron chi connectivity index (χ2n) is 4.49. The lowest BCUT2D eigenvalue weighted by molar-refractivity contribution is -0.133. The van der Waals surface area contributed by atoms with Crippen molar-refractivity contribution in [2.75, 3.05) is 20.3 Å². The highest BCUT2D eigenvalue weighted by atomic mass is 16.5. The SMILES string of the molecule is COCCN(Cc1ccco1)C(=O)CC(C)C. The largest absolute Gasteiger partial charge is 0.467 e. The average Bonchev–Trinajstić information content (AvgIpc) is 2.75. The molecule has 0 saturated heterocycles. The number of ether oxygens (including phenoxy) is 1. The van der Waals surface area contributed by atoms with E-state index in [2.05, 4.69) is 0 Å². The second kappa shape index (κ2) is 7.12. The fraction of sp³-hybridized carbons (Fsp3) is 0.615. The van der Waals surface area contributed by atoms with Gasteiger partial charge in [0, 0.05) is 20.1 Å². The molecule has 0 saturated carbocycles. The van der Waals surface area contributed by atoms with Crippen molar-refractivity contribution in [3.63, 3.8) is 0 Å². The summed E-state index contributed by atoms with van der Waals surface area (Å²) in [6, 6.07) is 3.71. The van der Waals surface area contributed by atoms with Gasteiger partial charge in [-0.1, -0.05) is 13.8 Å². The molecule has 0 aliphatic heterocycles. The summed E-state index contributed by atoms with van der Waals surface area (Å²) in [7, 11) is 1.64. The summed E-state index contributed by atoms with van der Waals surface area (Å²) >= 11 is 0. The number of rotatable bonds is 7. The maximum Gasteiger partial charge on any atom is 0.223 e. The van der Waals surface area contributed by atoms with Crippen molar-refractivity contribution in [1.29, 1.82) is 0 Å². The Morgan fingerprint density at radius 2 is 2.29 bits per heavy atom. The molecule has 0 spiro atoms. The van der Waals surface area contributed by atoms with Crippen LogP contribution in [0.25, 0.3) is 0 Å². The van der Waals surface area contributed by atoms with E-state index in [1.165, 1.54) is 0 Å². The molecule has 17 heavy (non-hydrogen) atoms. The molecule has 0 radical (unpaired) electrons. The smallest absolute Gasteiger partial charge is 0.223 e. The van der Waals surface area contributed by atoms with E-state index in [1.54, 1.807) is 18.3 Å². The molecule has 0 bridgehead atoms. The lowest BCUT2D eigenvalue weighted by atomic mass is 10.1. The maximum absolute atomic E-state index is 12.0. The summed E-state index contributed by atoms with van der Waals surface area (Å²) < 4.78 is 10.3. The minimum Gasteiger partial charge on any atom is -0.467 e. The number of amides is 1. The highest BCUT2D eigenvalue weighted by Crippen LogP contribution is 2.09. The molecule has 4 nitrogen and oxygen atoms in total. The fourth-order valence-corrected chi connectivity index (χ4v) is 1.56. The molecule has 0 fully saturated rings. The van der Waals surface area contributed by atoms with Crippen LogP contribution < -0.4 is 0 Å². The minimum absolute atomic E-state index is 0.147. The van der Waals surface area contributed by atoms with Gasteiger partial charge in [-0.05, 0) is 18.1 Å². The zero-order valence-electron chi connectivity index (χ0n) is 10.8. The molecule has 96 valence electrons. The van der Waals surface area contributed by atoms with E-state index >= 15 is 0 Å². The third kappa shape index (κ3) is 5.04. The first-order chi connectivity index (χ1) is 8.13. The van der Waals surface area contributed by atoms with Gasteiger partial charge in [-0.3, -0.25) is 4.79 Å². The van der Waals surface area contributed by atoms with Crippen LogP contribution in [0.15, 0.2) is 22.8 Å². The van der Waals surface area contributed by atoms with Crippen LogP contribution in [0, 0.1) is 5.92 Å². The lowest BCUT2D eigenvalue weighted by Gasteiger charge is -2.22. The highest BCUT2D eigenvalue weighted by Gasteiger charge is 2.16. The highest BCUT2D eigenvalue weighted by molar-refractivity contribution is 5.76. The number of carbonyl (C=O) groups is 1. The Balaban J connectivity index is 2.56. The van der Waals surface area contributed by atoms with Gasteiger partial charge >= 0.3 is 0 Å². The quantitative estimate of drug-likeness (QED) is 0.733. The van der Waals surface area contributed by atoms with Gasteiger partial charge in [0.25, 0.3) is 0 Å². The van der Waals surface area contributed by atoms with E-state index in [0.717, 1.165) is 5.76 Å². The molecule has 0 N–H and O–H groups in total. The van der Waals surface area contributed by atoms with Gasteiger partial charge in [-0.15, -0.1) is 0 Å². The number of carbonyl (C=O) groups excluding carboxylic acids is 1. The van der Waals surface area contributed by atoms with Gasteiger partial charge in [-0.25, -0.2) is 0 Å². The van der Waals surface area contributed by atoms with Crippen molar-refractivity contribution in [2.45, 2.75) is 26.8 Å². The Kier molecular flexibility index (Phi) is 5.77. The van der Waals surface area contributed by atoms with Crippen LogP contribution >= 0.6 is 0 Å². The molecular formula is C13H21NO3. The first-order valence-electron chi connectivity index (χ1n) is 5.92. The van der Waals surface area contributed by atoms with Gasteiger partial charge in [0.05, 0.1) is 19.4 Å². The molecule has 4 heteroatoms. The zero-order valence-corrected chi connectivity index (χ0v) is 10.8. The van der Waals surface area contributed by atoms with Crippen LogP contribution in [-0.2, 0) is 16.1 Å². The summed E-state index contributed by atoms with van der Waals surface area (Å²) in [6.07, 6.45) is 2.18. The van der Waals surface area contributed by atoms with Crippen LogP contribution in [0.2, 0.25) is 0 Å². The fourth-order valence-electron chi connectivity index (χ4n) is 1.56.